The van der Waals surface area contributed by atoms with Crippen LogP contribution in [-0.2, 0) is 33.7 Å². The Morgan fingerprint density at radius 3 is 2.76 bits per heavy atom. The van der Waals surface area contributed by atoms with Crippen molar-refractivity contribution in [2.75, 3.05) is 32.2 Å². The topological polar surface area (TPSA) is 94.5 Å². The molecule has 1 atom stereocenters. The molecule has 1 aliphatic heterocycles. The van der Waals surface area contributed by atoms with E-state index in [2.05, 4.69) is 33.8 Å². The number of carbonyl (C=O) groups excluding carboxylic acids is 2. The van der Waals surface area contributed by atoms with Crippen LogP contribution in [0.4, 0.5) is 5.69 Å². The lowest BCUT2D eigenvalue weighted by Crippen LogP contribution is -2.32. The second-order valence-electron chi connectivity index (χ2n) is 9.06. The summed E-state index contributed by atoms with van der Waals surface area (Å²) < 4.78 is 12.9. The van der Waals surface area contributed by atoms with E-state index in [1.54, 1.807) is 18.5 Å². The lowest BCUT2D eigenvalue weighted by Gasteiger charge is -2.26. The number of aromatic nitrogens is 2. The van der Waals surface area contributed by atoms with Crippen molar-refractivity contribution in [3.05, 3.63) is 95.3 Å². The molecule has 5 rings (SSSR count). The standard InChI is InChI=1S/C29H30N4O4/c1-36-18-27(34)32-25-16-22(29(35)30-17-26-23-10-6-5-9-21(23)12-14-37-26)15-24-28(25)33(19-31-24)13-11-20-7-3-2-4-8-20/h2-10,15-16,19,26H,11-14,17-18H2,1H3,(H,30,35)(H,32,34)/t26-/m0/s1. The summed E-state index contributed by atoms with van der Waals surface area (Å²) in [7, 11) is 1.47. The smallest absolute Gasteiger partial charge is 0.251 e. The van der Waals surface area contributed by atoms with Gasteiger partial charge in [0.05, 0.1) is 29.7 Å². The molecule has 0 unspecified atom stereocenters. The predicted octanol–water partition coefficient (Wildman–Crippen LogP) is 3.91. The number of imidazole rings is 1. The van der Waals surface area contributed by atoms with Crippen LogP contribution in [0.1, 0.15) is 33.2 Å². The third kappa shape index (κ3) is 5.71. The average Bonchev–Trinajstić information content (AvgIpc) is 3.34. The van der Waals surface area contributed by atoms with E-state index in [0.29, 0.717) is 36.5 Å². The third-order valence-electron chi connectivity index (χ3n) is 6.55. The van der Waals surface area contributed by atoms with Crippen molar-refractivity contribution in [2.24, 2.45) is 0 Å². The number of aryl methyl sites for hydroxylation is 2. The SMILES string of the molecule is COCC(=O)Nc1cc(C(=O)NC[C@@H]2OCCc3ccccc32)cc2ncn(CCc3ccccc3)c12. The molecule has 2 heterocycles. The summed E-state index contributed by atoms with van der Waals surface area (Å²) in [5.74, 6) is -0.556. The fourth-order valence-electron chi connectivity index (χ4n) is 4.75. The van der Waals surface area contributed by atoms with E-state index in [1.807, 2.05) is 41.0 Å². The van der Waals surface area contributed by atoms with Crippen molar-refractivity contribution in [1.29, 1.82) is 0 Å². The molecular formula is C29H30N4O4. The Bertz CT molecular complexity index is 1400. The molecule has 2 amide bonds. The molecular weight excluding hydrogens is 468 g/mol. The minimum atomic E-state index is -0.301. The highest BCUT2D eigenvalue weighted by molar-refractivity contribution is 6.05. The maximum absolute atomic E-state index is 13.2. The molecule has 8 nitrogen and oxygen atoms in total. The normalized spacial score (nSPS) is 14.8. The van der Waals surface area contributed by atoms with Crippen molar-refractivity contribution in [2.45, 2.75) is 25.5 Å². The molecule has 1 aromatic heterocycles. The Kier molecular flexibility index (Phi) is 7.58. The van der Waals surface area contributed by atoms with E-state index in [-0.39, 0.29) is 24.5 Å². The summed E-state index contributed by atoms with van der Waals surface area (Å²) in [6.07, 6.45) is 3.22. The molecule has 0 radical (unpaired) electrons. The number of methoxy groups -OCH3 is 1. The van der Waals surface area contributed by atoms with E-state index in [0.717, 1.165) is 23.9 Å². The van der Waals surface area contributed by atoms with E-state index >= 15 is 0 Å². The van der Waals surface area contributed by atoms with Crippen LogP contribution in [0.2, 0.25) is 0 Å². The quantitative estimate of drug-likeness (QED) is 0.365. The molecule has 1 aliphatic rings. The maximum atomic E-state index is 13.2. The van der Waals surface area contributed by atoms with Crippen molar-refractivity contribution in [3.63, 3.8) is 0 Å². The first-order valence-electron chi connectivity index (χ1n) is 12.4. The maximum Gasteiger partial charge on any atom is 0.251 e. The number of nitrogens with one attached hydrogen (secondary N) is 2. The largest absolute Gasteiger partial charge is 0.375 e. The molecule has 8 heteroatoms. The molecule has 37 heavy (non-hydrogen) atoms. The Morgan fingerprint density at radius 1 is 1.11 bits per heavy atom. The number of ether oxygens (including phenoxy) is 2. The van der Waals surface area contributed by atoms with Gasteiger partial charge in [-0.1, -0.05) is 54.6 Å². The molecule has 190 valence electrons. The summed E-state index contributed by atoms with van der Waals surface area (Å²) in [4.78, 5) is 30.1. The van der Waals surface area contributed by atoms with Crippen LogP contribution in [0.25, 0.3) is 11.0 Å². The second kappa shape index (κ2) is 11.4. The molecule has 4 aromatic rings. The minimum absolute atomic E-state index is 0.0888. The van der Waals surface area contributed by atoms with Gasteiger partial charge in [0.1, 0.15) is 12.7 Å². The predicted molar refractivity (Wildman–Crippen MR) is 142 cm³/mol. The van der Waals surface area contributed by atoms with Gasteiger partial charge in [0.15, 0.2) is 0 Å². The number of carbonyl (C=O) groups is 2. The molecule has 3 aromatic carbocycles. The molecule has 0 aliphatic carbocycles. The first kappa shape index (κ1) is 24.7. The van der Waals surface area contributed by atoms with E-state index in [4.69, 9.17) is 9.47 Å². The fraction of sp³-hybridized carbons (Fsp3) is 0.276. The molecule has 0 fully saturated rings. The minimum Gasteiger partial charge on any atom is -0.375 e. The summed E-state index contributed by atoms with van der Waals surface area (Å²) in [6.45, 7) is 1.57. The van der Waals surface area contributed by atoms with Gasteiger partial charge in [-0.05, 0) is 41.7 Å². The summed E-state index contributed by atoms with van der Waals surface area (Å²) in [5, 5.41) is 5.89. The number of anilines is 1. The van der Waals surface area contributed by atoms with E-state index in [9.17, 15) is 9.59 Å². The summed E-state index contributed by atoms with van der Waals surface area (Å²) >= 11 is 0. The monoisotopic (exact) mass is 498 g/mol. The number of hydrogen-bond acceptors (Lipinski definition) is 5. The number of rotatable bonds is 9. The van der Waals surface area contributed by atoms with Crippen LogP contribution in [0.3, 0.4) is 0 Å². The number of benzene rings is 3. The first-order chi connectivity index (χ1) is 18.1. The van der Waals surface area contributed by atoms with Gasteiger partial charge in [-0.25, -0.2) is 4.98 Å². The Labute approximate surface area is 215 Å². The molecule has 0 spiro atoms. The number of nitrogens with zero attached hydrogens (tertiary/aromatic N) is 2. The molecule has 0 saturated heterocycles. The van der Waals surface area contributed by atoms with Crippen molar-refractivity contribution < 1.29 is 19.1 Å². The van der Waals surface area contributed by atoms with Crippen LogP contribution in [0.5, 0.6) is 0 Å². The average molecular weight is 499 g/mol. The van der Waals surface area contributed by atoms with Crippen molar-refractivity contribution >= 4 is 28.5 Å². The zero-order chi connectivity index (χ0) is 25.6. The summed E-state index contributed by atoms with van der Waals surface area (Å²) in [6, 6.07) is 21.8. The lowest BCUT2D eigenvalue weighted by molar-refractivity contribution is -0.119. The van der Waals surface area contributed by atoms with Crippen LogP contribution >= 0.6 is 0 Å². The fourth-order valence-corrected chi connectivity index (χ4v) is 4.75. The van der Waals surface area contributed by atoms with Gasteiger partial charge in [0, 0.05) is 25.8 Å². The highest BCUT2D eigenvalue weighted by atomic mass is 16.5. The van der Waals surface area contributed by atoms with E-state index < -0.39 is 0 Å². The van der Waals surface area contributed by atoms with Gasteiger partial charge in [-0.3, -0.25) is 9.59 Å². The van der Waals surface area contributed by atoms with Crippen molar-refractivity contribution in [1.82, 2.24) is 14.9 Å². The zero-order valence-corrected chi connectivity index (χ0v) is 20.8. The highest BCUT2D eigenvalue weighted by Crippen LogP contribution is 2.28. The van der Waals surface area contributed by atoms with Gasteiger partial charge < -0.3 is 24.7 Å². The van der Waals surface area contributed by atoms with Gasteiger partial charge in [0.2, 0.25) is 5.91 Å². The number of fused-ring (bicyclic) bond motifs is 2. The van der Waals surface area contributed by atoms with Crippen LogP contribution in [0.15, 0.2) is 73.1 Å². The number of hydrogen-bond donors (Lipinski definition) is 2. The Morgan fingerprint density at radius 2 is 1.92 bits per heavy atom. The van der Waals surface area contributed by atoms with Crippen LogP contribution < -0.4 is 10.6 Å². The molecule has 2 N–H and O–H groups in total. The lowest BCUT2D eigenvalue weighted by atomic mass is 9.97. The second-order valence-corrected chi connectivity index (χ2v) is 9.06. The summed E-state index contributed by atoms with van der Waals surface area (Å²) in [5.41, 5.74) is 5.89. The third-order valence-corrected chi connectivity index (χ3v) is 6.55. The van der Waals surface area contributed by atoms with Crippen LogP contribution in [-0.4, -0.2) is 48.2 Å². The Balaban J connectivity index is 1.38. The van der Waals surface area contributed by atoms with E-state index in [1.165, 1.54) is 18.2 Å². The van der Waals surface area contributed by atoms with Gasteiger partial charge in [-0.15, -0.1) is 0 Å². The molecule has 0 saturated carbocycles. The molecule has 0 bridgehead atoms. The van der Waals surface area contributed by atoms with Gasteiger partial charge >= 0.3 is 0 Å². The van der Waals surface area contributed by atoms with Gasteiger partial charge in [0.25, 0.3) is 5.91 Å². The first-order valence-corrected chi connectivity index (χ1v) is 12.4. The van der Waals surface area contributed by atoms with Crippen LogP contribution in [0, 0.1) is 0 Å². The van der Waals surface area contributed by atoms with Crippen molar-refractivity contribution in [3.8, 4) is 0 Å². The number of amides is 2. The Hall–Kier alpha value is -4.01. The van der Waals surface area contributed by atoms with Gasteiger partial charge in [-0.2, -0.15) is 0 Å². The highest BCUT2D eigenvalue weighted by Gasteiger charge is 2.22. The zero-order valence-electron chi connectivity index (χ0n) is 20.8.